The third-order valence-electron chi connectivity index (χ3n) is 3.06. The lowest BCUT2D eigenvalue weighted by molar-refractivity contribution is 0.0398. The van der Waals surface area contributed by atoms with Gasteiger partial charge in [-0.05, 0) is 18.2 Å². The molecule has 1 aromatic rings. The largest absolute Gasteiger partial charge is 0.478 e. The molecule has 1 heterocycles. The Morgan fingerprint density at radius 2 is 2.16 bits per heavy atom. The lowest BCUT2D eigenvalue weighted by Gasteiger charge is -2.26. The minimum absolute atomic E-state index is 0.235. The second-order valence-corrected chi connectivity index (χ2v) is 4.79. The van der Waals surface area contributed by atoms with Crippen molar-refractivity contribution in [3.8, 4) is 0 Å². The summed E-state index contributed by atoms with van der Waals surface area (Å²) in [4.78, 5) is 13.2. The van der Waals surface area contributed by atoms with Crippen LogP contribution in [0.1, 0.15) is 10.4 Å². The Balaban J connectivity index is 1.87. The molecule has 0 radical (unpaired) electrons. The molecule has 0 spiro atoms. The fraction of sp³-hybridized carbons (Fsp3) is 0.462. The van der Waals surface area contributed by atoms with Gasteiger partial charge in [0, 0.05) is 26.2 Å². The first-order valence-corrected chi connectivity index (χ1v) is 6.61. The maximum absolute atomic E-state index is 10.9. The van der Waals surface area contributed by atoms with Gasteiger partial charge in [-0.3, -0.25) is 4.90 Å². The van der Waals surface area contributed by atoms with E-state index in [0.29, 0.717) is 10.7 Å². The summed E-state index contributed by atoms with van der Waals surface area (Å²) < 4.78 is 5.28. The van der Waals surface area contributed by atoms with E-state index in [9.17, 15) is 4.79 Å². The zero-order valence-electron chi connectivity index (χ0n) is 10.6. The third-order valence-corrected chi connectivity index (χ3v) is 3.39. The highest BCUT2D eigenvalue weighted by Gasteiger charge is 2.10. The molecule has 0 bridgehead atoms. The molecular formula is C13H17ClN2O3. The molecule has 0 saturated carbocycles. The number of nitrogens with zero attached hydrogens (tertiary/aromatic N) is 1. The number of benzene rings is 1. The van der Waals surface area contributed by atoms with Gasteiger partial charge in [-0.15, -0.1) is 0 Å². The zero-order valence-corrected chi connectivity index (χ0v) is 11.3. The van der Waals surface area contributed by atoms with Crippen molar-refractivity contribution in [2.24, 2.45) is 0 Å². The fourth-order valence-corrected chi connectivity index (χ4v) is 2.15. The average Bonchev–Trinajstić information content (AvgIpc) is 2.42. The van der Waals surface area contributed by atoms with Gasteiger partial charge in [-0.2, -0.15) is 0 Å². The summed E-state index contributed by atoms with van der Waals surface area (Å²) in [5, 5.41) is 12.6. The van der Waals surface area contributed by atoms with Crippen LogP contribution in [0, 0.1) is 0 Å². The minimum atomic E-state index is -0.951. The fourth-order valence-electron chi connectivity index (χ4n) is 1.97. The van der Waals surface area contributed by atoms with Crippen LogP contribution in [-0.2, 0) is 4.74 Å². The monoisotopic (exact) mass is 284 g/mol. The highest BCUT2D eigenvalue weighted by molar-refractivity contribution is 6.33. The van der Waals surface area contributed by atoms with E-state index in [1.54, 1.807) is 12.1 Å². The molecule has 2 rings (SSSR count). The number of carbonyl (C=O) groups is 1. The summed E-state index contributed by atoms with van der Waals surface area (Å²) >= 11 is 6.03. The quantitative estimate of drug-likeness (QED) is 0.863. The van der Waals surface area contributed by atoms with Gasteiger partial charge in [0.2, 0.25) is 0 Å². The number of carboxylic acid groups (broad SMARTS) is 1. The van der Waals surface area contributed by atoms with Crippen LogP contribution in [0.15, 0.2) is 18.2 Å². The number of hydrogen-bond donors (Lipinski definition) is 2. The Kier molecular flexibility index (Phi) is 5.01. The van der Waals surface area contributed by atoms with Gasteiger partial charge in [-0.1, -0.05) is 11.6 Å². The van der Waals surface area contributed by atoms with Gasteiger partial charge in [0.15, 0.2) is 0 Å². The third kappa shape index (κ3) is 4.09. The van der Waals surface area contributed by atoms with E-state index in [2.05, 4.69) is 10.2 Å². The molecule has 0 aliphatic carbocycles. The number of carboxylic acids is 1. The SMILES string of the molecule is O=C(O)c1ccc(Cl)c(NCCN2CCOCC2)c1. The number of rotatable bonds is 5. The molecule has 0 atom stereocenters. The van der Waals surface area contributed by atoms with Gasteiger partial charge < -0.3 is 15.2 Å². The van der Waals surface area contributed by atoms with Crippen molar-refractivity contribution in [1.82, 2.24) is 4.90 Å². The number of anilines is 1. The predicted octanol–water partition coefficient (Wildman–Crippen LogP) is 1.78. The van der Waals surface area contributed by atoms with Crippen LogP contribution in [0.25, 0.3) is 0 Å². The van der Waals surface area contributed by atoms with Gasteiger partial charge in [0.25, 0.3) is 0 Å². The van der Waals surface area contributed by atoms with E-state index >= 15 is 0 Å². The number of nitrogens with one attached hydrogen (secondary N) is 1. The average molecular weight is 285 g/mol. The molecule has 0 amide bonds. The molecular weight excluding hydrogens is 268 g/mol. The maximum atomic E-state index is 10.9. The van der Waals surface area contributed by atoms with Crippen molar-refractivity contribution < 1.29 is 14.6 Å². The van der Waals surface area contributed by atoms with Crippen LogP contribution >= 0.6 is 11.6 Å². The minimum Gasteiger partial charge on any atom is -0.478 e. The second-order valence-electron chi connectivity index (χ2n) is 4.38. The first-order chi connectivity index (χ1) is 9.16. The molecule has 1 fully saturated rings. The normalized spacial score (nSPS) is 16.3. The van der Waals surface area contributed by atoms with E-state index in [4.69, 9.17) is 21.4 Å². The number of hydrogen-bond acceptors (Lipinski definition) is 4. The molecule has 1 aliphatic heterocycles. The van der Waals surface area contributed by atoms with Crippen LogP contribution < -0.4 is 5.32 Å². The Labute approximate surface area is 117 Å². The number of halogens is 1. The first kappa shape index (κ1) is 14.1. The number of aromatic carboxylic acids is 1. The topological polar surface area (TPSA) is 61.8 Å². The summed E-state index contributed by atoms with van der Waals surface area (Å²) in [6.07, 6.45) is 0. The number of ether oxygens (including phenoxy) is 1. The molecule has 1 saturated heterocycles. The highest BCUT2D eigenvalue weighted by atomic mass is 35.5. The summed E-state index contributed by atoms with van der Waals surface area (Å²) in [5.41, 5.74) is 0.896. The van der Waals surface area contributed by atoms with E-state index in [0.717, 1.165) is 39.4 Å². The van der Waals surface area contributed by atoms with Crippen LogP contribution in [0.3, 0.4) is 0 Å². The Morgan fingerprint density at radius 3 is 2.84 bits per heavy atom. The maximum Gasteiger partial charge on any atom is 0.335 e. The van der Waals surface area contributed by atoms with Crippen LogP contribution in [0.2, 0.25) is 5.02 Å². The first-order valence-electron chi connectivity index (χ1n) is 6.23. The second kappa shape index (κ2) is 6.75. The van der Waals surface area contributed by atoms with E-state index in [1.165, 1.54) is 6.07 Å². The highest BCUT2D eigenvalue weighted by Crippen LogP contribution is 2.22. The van der Waals surface area contributed by atoms with Crippen LogP contribution in [0.4, 0.5) is 5.69 Å². The summed E-state index contributed by atoms with van der Waals surface area (Å²) in [7, 11) is 0. The van der Waals surface area contributed by atoms with Gasteiger partial charge in [0.1, 0.15) is 0 Å². The molecule has 1 aliphatic rings. The standard InChI is InChI=1S/C13H17ClN2O3/c14-11-2-1-10(13(17)18)9-12(11)15-3-4-16-5-7-19-8-6-16/h1-2,9,15H,3-8H2,(H,17,18). The molecule has 0 aromatic heterocycles. The lowest BCUT2D eigenvalue weighted by Crippen LogP contribution is -2.39. The van der Waals surface area contributed by atoms with Crippen molar-refractivity contribution in [3.63, 3.8) is 0 Å². The van der Waals surface area contributed by atoms with Crippen molar-refractivity contribution in [2.45, 2.75) is 0 Å². The molecule has 2 N–H and O–H groups in total. The smallest absolute Gasteiger partial charge is 0.335 e. The lowest BCUT2D eigenvalue weighted by atomic mass is 10.2. The molecule has 0 unspecified atom stereocenters. The molecule has 104 valence electrons. The summed E-state index contributed by atoms with van der Waals surface area (Å²) in [5.74, 6) is -0.951. The molecule has 5 nitrogen and oxygen atoms in total. The molecule has 19 heavy (non-hydrogen) atoms. The van der Waals surface area contributed by atoms with E-state index < -0.39 is 5.97 Å². The van der Waals surface area contributed by atoms with E-state index in [-0.39, 0.29) is 5.56 Å². The molecule has 6 heteroatoms. The zero-order chi connectivity index (χ0) is 13.7. The van der Waals surface area contributed by atoms with Gasteiger partial charge >= 0.3 is 5.97 Å². The number of morpholine rings is 1. The Morgan fingerprint density at radius 1 is 1.42 bits per heavy atom. The van der Waals surface area contributed by atoms with Gasteiger partial charge in [-0.25, -0.2) is 4.79 Å². The summed E-state index contributed by atoms with van der Waals surface area (Å²) in [6.45, 7) is 5.03. The Hall–Kier alpha value is -1.30. The van der Waals surface area contributed by atoms with Crippen LogP contribution in [0.5, 0.6) is 0 Å². The van der Waals surface area contributed by atoms with Crippen molar-refractivity contribution in [2.75, 3.05) is 44.7 Å². The summed E-state index contributed by atoms with van der Waals surface area (Å²) in [6, 6.07) is 4.66. The predicted molar refractivity (Wildman–Crippen MR) is 74.2 cm³/mol. The van der Waals surface area contributed by atoms with Crippen molar-refractivity contribution in [1.29, 1.82) is 0 Å². The van der Waals surface area contributed by atoms with E-state index in [1.807, 2.05) is 0 Å². The van der Waals surface area contributed by atoms with Crippen LogP contribution in [-0.4, -0.2) is 55.4 Å². The van der Waals surface area contributed by atoms with Gasteiger partial charge in [0.05, 0.1) is 29.5 Å². The Bertz CT molecular complexity index is 448. The van der Waals surface area contributed by atoms with Crippen molar-refractivity contribution in [3.05, 3.63) is 28.8 Å². The molecule has 1 aromatic carbocycles. The van der Waals surface area contributed by atoms with Crippen molar-refractivity contribution >= 4 is 23.3 Å².